The molecule has 1 aromatic rings. The van der Waals surface area contributed by atoms with Crippen molar-refractivity contribution in [3.63, 3.8) is 0 Å². The van der Waals surface area contributed by atoms with Crippen LogP contribution in [0.1, 0.15) is 44.1 Å². The Morgan fingerprint density at radius 3 is 2.54 bits per heavy atom. The van der Waals surface area contributed by atoms with Gasteiger partial charge in [0, 0.05) is 31.2 Å². The molecule has 2 aliphatic heterocycles. The molecule has 3 unspecified atom stereocenters. The van der Waals surface area contributed by atoms with Gasteiger partial charge in [-0.15, -0.1) is 0 Å². The van der Waals surface area contributed by atoms with Gasteiger partial charge in [-0.25, -0.2) is 0 Å². The zero-order chi connectivity index (χ0) is 16.4. The van der Waals surface area contributed by atoms with Gasteiger partial charge in [0.2, 0.25) is 0 Å². The lowest BCUT2D eigenvalue weighted by molar-refractivity contribution is 0.0689. The van der Waals surface area contributed by atoms with Crippen molar-refractivity contribution in [2.45, 2.75) is 63.2 Å². The molecular weight excluding hydrogens is 294 g/mol. The van der Waals surface area contributed by atoms with Gasteiger partial charge in [0.1, 0.15) is 0 Å². The first kappa shape index (κ1) is 16.6. The second-order valence-corrected chi connectivity index (χ2v) is 8.26. The number of hydrogen-bond acceptors (Lipinski definition) is 3. The Morgan fingerprint density at radius 2 is 1.75 bits per heavy atom. The van der Waals surface area contributed by atoms with E-state index in [-0.39, 0.29) is 0 Å². The molecule has 0 radical (unpaired) electrons. The monoisotopic (exact) mass is 327 g/mol. The Labute approximate surface area is 147 Å². The molecule has 24 heavy (non-hydrogen) atoms. The molecule has 132 valence electrons. The minimum atomic E-state index is 0.758. The van der Waals surface area contributed by atoms with Crippen LogP contribution in [0, 0.1) is 5.92 Å². The molecule has 3 aliphatic rings. The topological polar surface area (TPSA) is 18.5 Å². The van der Waals surface area contributed by atoms with Gasteiger partial charge in [0.25, 0.3) is 0 Å². The van der Waals surface area contributed by atoms with Crippen LogP contribution in [0.4, 0.5) is 0 Å². The van der Waals surface area contributed by atoms with E-state index >= 15 is 0 Å². The summed E-state index contributed by atoms with van der Waals surface area (Å²) in [5.74, 6) is 0.877. The van der Waals surface area contributed by atoms with Crippen molar-refractivity contribution >= 4 is 0 Å². The van der Waals surface area contributed by atoms with Crippen LogP contribution in [0.2, 0.25) is 0 Å². The van der Waals surface area contributed by atoms with Crippen LogP contribution in [-0.4, -0.2) is 54.6 Å². The second-order valence-electron chi connectivity index (χ2n) is 8.26. The minimum Gasteiger partial charge on any atom is -0.311 e. The molecule has 0 aromatic heterocycles. The average Bonchev–Trinajstić information content (AvgIpc) is 3.10. The Kier molecular flexibility index (Phi) is 5.21. The highest BCUT2D eigenvalue weighted by Gasteiger charge is 2.41. The van der Waals surface area contributed by atoms with E-state index in [1.807, 2.05) is 0 Å². The van der Waals surface area contributed by atoms with Crippen molar-refractivity contribution in [3.05, 3.63) is 35.9 Å². The van der Waals surface area contributed by atoms with Gasteiger partial charge in [-0.1, -0.05) is 36.8 Å². The molecule has 0 bridgehead atoms. The van der Waals surface area contributed by atoms with Crippen molar-refractivity contribution in [1.29, 1.82) is 0 Å². The number of nitrogens with one attached hydrogen (secondary N) is 1. The summed E-state index contributed by atoms with van der Waals surface area (Å²) in [4.78, 5) is 5.25. The van der Waals surface area contributed by atoms with E-state index in [1.165, 1.54) is 63.7 Å². The maximum Gasteiger partial charge on any atom is 0.0236 e. The largest absolute Gasteiger partial charge is 0.311 e. The Balaban J connectivity index is 1.37. The smallest absolute Gasteiger partial charge is 0.0236 e. The molecule has 3 heteroatoms. The maximum absolute atomic E-state index is 4.08. The van der Waals surface area contributed by atoms with Gasteiger partial charge >= 0.3 is 0 Å². The lowest BCUT2D eigenvalue weighted by Crippen LogP contribution is -2.56. The molecule has 4 rings (SSSR count). The normalized spacial score (nSPS) is 32.8. The summed E-state index contributed by atoms with van der Waals surface area (Å²) in [5.41, 5.74) is 1.48. The third-order valence-electron chi connectivity index (χ3n) is 6.64. The highest BCUT2D eigenvalue weighted by molar-refractivity contribution is 5.15. The van der Waals surface area contributed by atoms with Crippen LogP contribution in [0.25, 0.3) is 0 Å². The van der Waals surface area contributed by atoms with Crippen molar-refractivity contribution in [2.24, 2.45) is 5.92 Å². The summed E-state index contributed by atoms with van der Waals surface area (Å²) in [5, 5.41) is 4.08. The molecule has 2 heterocycles. The fourth-order valence-electron chi connectivity index (χ4n) is 5.28. The number of hydrogen-bond donors (Lipinski definition) is 1. The summed E-state index contributed by atoms with van der Waals surface area (Å²) in [7, 11) is 2.26. The zero-order valence-corrected chi connectivity index (χ0v) is 15.2. The first-order chi connectivity index (χ1) is 11.8. The van der Waals surface area contributed by atoms with Crippen molar-refractivity contribution in [1.82, 2.24) is 15.1 Å². The molecule has 3 atom stereocenters. The van der Waals surface area contributed by atoms with Gasteiger partial charge in [0.15, 0.2) is 0 Å². The molecule has 0 spiro atoms. The van der Waals surface area contributed by atoms with E-state index in [0.717, 1.165) is 30.6 Å². The van der Waals surface area contributed by atoms with Crippen LogP contribution in [0.3, 0.4) is 0 Å². The van der Waals surface area contributed by atoms with Gasteiger partial charge in [-0.05, 0) is 63.7 Å². The first-order valence-electron chi connectivity index (χ1n) is 10.0. The Hall–Kier alpha value is -0.900. The summed E-state index contributed by atoms with van der Waals surface area (Å²) in [6.07, 6.45) is 8.26. The van der Waals surface area contributed by atoms with Crippen LogP contribution < -0.4 is 5.32 Å². The minimum absolute atomic E-state index is 0.758. The van der Waals surface area contributed by atoms with Crippen LogP contribution in [0.15, 0.2) is 30.3 Å². The predicted molar refractivity (Wildman–Crippen MR) is 100 cm³/mol. The van der Waals surface area contributed by atoms with Gasteiger partial charge in [-0.2, -0.15) is 0 Å². The maximum atomic E-state index is 4.08. The SMILES string of the molecule is CN1CCC(NC2CCN(Cc3ccccc3)C3CCCC23)CC1. The van der Waals surface area contributed by atoms with Crippen molar-refractivity contribution < 1.29 is 0 Å². The standard InChI is InChI=1S/C21H33N3/c1-23-13-10-18(11-14-23)22-20-12-15-24(21-9-5-8-19(20)21)16-17-6-3-2-4-7-17/h2-4,6-7,18-22H,5,8-16H2,1H3. The fourth-order valence-corrected chi connectivity index (χ4v) is 5.28. The Morgan fingerprint density at radius 1 is 0.958 bits per heavy atom. The van der Waals surface area contributed by atoms with Gasteiger partial charge < -0.3 is 10.2 Å². The van der Waals surface area contributed by atoms with E-state index in [1.54, 1.807) is 0 Å². The summed E-state index contributed by atoms with van der Waals surface area (Å²) >= 11 is 0. The molecular formula is C21H33N3. The number of likely N-dealkylation sites (tertiary alicyclic amines) is 2. The highest BCUT2D eigenvalue weighted by Crippen LogP contribution is 2.38. The molecule has 1 saturated carbocycles. The third kappa shape index (κ3) is 3.68. The van der Waals surface area contributed by atoms with Crippen molar-refractivity contribution in [3.8, 4) is 0 Å². The summed E-state index contributed by atoms with van der Waals surface area (Å²) in [6.45, 7) is 4.93. The molecule has 1 N–H and O–H groups in total. The van der Waals surface area contributed by atoms with Crippen LogP contribution >= 0.6 is 0 Å². The zero-order valence-electron chi connectivity index (χ0n) is 15.2. The van der Waals surface area contributed by atoms with Gasteiger partial charge in [0.05, 0.1) is 0 Å². The van der Waals surface area contributed by atoms with Crippen molar-refractivity contribution in [2.75, 3.05) is 26.7 Å². The van der Waals surface area contributed by atoms with E-state index in [4.69, 9.17) is 0 Å². The van der Waals surface area contributed by atoms with E-state index in [0.29, 0.717) is 0 Å². The first-order valence-corrected chi connectivity index (χ1v) is 10.0. The molecule has 1 aliphatic carbocycles. The number of rotatable bonds is 4. The fraction of sp³-hybridized carbons (Fsp3) is 0.714. The molecule has 3 nitrogen and oxygen atoms in total. The molecule has 3 fully saturated rings. The second kappa shape index (κ2) is 7.55. The lowest BCUT2D eigenvalue weighted by atomic mass is 9.85. The summed E-state index contributed by atoms with van der Waals surface area (Å²) in [6, 6.07) is 13.4. The molecule has 2 saturated heterocycles. The number of piperidine rings is 2. The summed E-state index contributed by atoms with van der Waals surface area (Å²) < 4.78 is 0. The number of nitrogens with zero attached hydrogens (tertiary/aromatic N) is 2. The number of benzene rings is 1. The quantitative estimate of drug-likeness (QED) is 0.917. The lowest BCUT2D eigenvalue weighted by Gasteiger charge is -2.45. The molecule has 0 amide bonds. The average molecular weight is 328 g/mol. The van der Waals surface area contributed by atoms with E-state index < -0.39 is 0 Å². The highest BCUT2D eigenvalue weighted by atomic mass is 15.2. The van der Waals surface area contributed by atoms with Crippen LogP contribution in [-0.2, 0) is 6.54 Å². The van der Waals surface area contributed by atoms with Crippen LogP contribution in [0.5, 0.6) is 0 Å². The molecule has 1 aromatic carbocycles. The van der Waals surface area contributed by atoms with E-state index in [9.17, 15) is 0 Å². The van der Waals surface area contributed by atoms with Gasteiger partial charge in [-0.3, -0.25) is 4.90 Å². The third-order valence-corrected chi connectivity index (χ3v) is 6.64. The van der Waals surface area contributed by atoms with E-state index in [2.05, 4.69) is 52.5 Å². The number of fused-ring (bicyclic) bond motifs is 1. The predicted octanol–water partition coefficient (Wildman–Crippen LogP) is 3.11. The Bertz CT molecular complexity index is 509.